The van der Waals surface area contributed by atoms with Crippen LogP contribution in [0.25, 0.3) is 22.5 Å². The summed E-state index contributed by atoms with van der Waals surface area (Å²) in [6.45, 7) is 0.888. The summed E-state index contributed by atoms with van der Waals surface area (Å²) in [5, 5.41) is 9.50. The first-order valence-electron chi connectivity index (χ1n) is 11.3. The van der Waals surface area contributed by atoms with Gasteiger partial charge in [0, 0.05) is 42.0 Å². The van der Waals surface area contributed by atoms with Gasteiger partial charge in [-0.15, -0.1) is 0 Å². The van der Waals surface area contributed by atoms with E-state index in [-0.39, 0.29) is 11.2 Å². The lowest BCUT2D eigenvalue weighted by atomic mass is 9.73. The topological polar surface area (TPSA) is 82.1 Å². The number of aromatic nitrogens is 3. The maximum Gasteiger partial charge on any atom is 0.407 e. The van der Waals surface area contributed by atoms with Gasteiger partial charge < -0.3 is 15.0 Å². The van der Waals surface area contributed by atoms with Crippen LogP contribution >= 0.6 is 0 Å². The number of nitrogens with one attached hydrogen (secondary N) is 1. The van der Waals surface area contributed by atoms with Crippen molar-refractivity contribution < 1.29 is 14.3 Å². The Kier molecular flexibility index (Phi) is 5.84. The second-order valence-electron chi connectivity index (χ2n) is 8.76. The van der Waals surface area contributed by atoms with Crippen molar-refractivity contribution in [3.05, 3.63) is 96.3 Å². The van der Waals surface area contributed by atoms with Crippen LogP contribution in [0.2, 0.25) is 0 Å². The Hall–Kier alpha value is -4.00. The Morgan fingerprint density at radius 1 is 0.971 bits per heavy atom. The van der Waals surface area contributed by atoms with E-state index in [1.54, 1.807) is 24.5 Å². The minimum absolute atomic E-state index is 0.299. The number of likely N-dealkylation sites (tertiary alicyclic amines) is 1. The molecule has 1 aliphatic heterocycles. The van der Waals surface area contributed by atoms with E-state index in [4.69, 9.17) is 4.98 Å². The Balaban J connectivity index is 1.62. The van der Waals surface area contributed by atoms with Crippen molar-refractivity contribution in [2.24, 2.45) is 0 Å². The number of imidazole rings is 1. The molecule has 1 amide bonds. The number of halogens is 1. The van der Waals surface area contributed by atoms with Gasteiger partial charge in [-0.1, -0.05) is 30.3 Å². The molecular weight excluding hydrogens is 431 g/mol. The highest BCUT2D eigenvalue weighted by Gasteiger charge is 2.40. The van der Waals surface area contributed by atoms with Gasteiger partial charge in [0.25, 0.3) is 0 Å². The van der Waals surface area contributed by atoms with Crippen LogP contribution in [0.3, 0.4) is 0 Å². The van der Waals surface area contributed by atoms with Gasteiger partial charge in [0.15, 0.2) is 0 Å². The number of amides is 1. The molecule has 0 bridgehead atoms. The van der Waals surface area contributed by atoms with Crippen molar-refractivity contribution >= 4 is 6.09 Å². The molecule has 0 atom stereocenters. The maximum atomic E-state index is 13.6. The average Bonchev–Trinajstić information content (AvgIpc) is 3.32. The van der Waals surface area contributed by atoms with Gasteiger partial charge >= 0.3 is 6.09 Å². The van der Waals surface area contributed by atoms with Crippen LogP contribution in [0.1, 0.15) is 24.2 Å². The number of carbonyl (C=O) groups is 1. The van der Waals surface area contributed by atoms with E-state index in [9.17, 15) is 14.3 Å². The Morgan fingerprint density at radius 2 is 1.65 bits per heavy atom. The molecule has 34 heavy (non-hydrogen) atoms. The number of benzene rings is 2. The molecule has 0 saturated carbocycles. The molecule has 2 aromatic heterocycles. The molecule has 2 aromatic carbocycles. The van der Waals surface area contributed by atoms with Gasteiger partial charge in [0.1, 0.15) is 11.6 Å². The Morgan fingerprint density at radius 3 is 2.29 bits per heavy atom. The summed E-state index contributed by atoms with van der Waals surface area (Å²) in [5.74, 6) is 0.527. The average molecular weight is 457 g/mol. The van der Waals surface area contributed by atoms with E-state index >= 15 is 0 Å². The van der Waals surface area contributed by atoms with Crippen LogP contribution in [-0.2, 0) is 11.8 Å². The first-order chi connectivity index (χ1) is 16.5. The van der Waals surface area contributed by atoms with Crippen LogP contribution in [0.4, 0.5) is 9.18 Å². The summed E-state index contributed by atoms with van der Waals surface area (Å²) >= 11 is 0. The third kappa shape index (κ3) is 4.29. The van der Waals surface area contributed by atoms with E-state index in [0.29, 0.717) is 25.9 Å². The molecule has 0 aliphatic carbocycles. The van der Waals surface area contributed by atoms with Crippen molar-refractivity contribution in [1.82, 2.24) is 19.9 Å². The molecular formula is C27H25FN4O2. The van der Waals surface area contributed by atoms with Gasteiger partial charge in [0.05, 0.1) is 11.4 Å². The number of carboxylic acid groups (broad SMARTS) is 1. The molecule has 1 aliphatic rings. The SMILES string of the molecule is O=C(O)N1CCC(Cc2ccccc2)(c2nc(-c3ccc(F)cc3)c(-c3ccncc3)[nH]2)CC1. The van der Waals surface area contributed by atoms with Gasteiger partial charge in [-0.3, -0.25) is 4.98 Å². The molecule has 1 fully saturated rings. The molecule has 2 N–H and O–H groups in total. The highest BCUT2D eigenvalue weighted by atomic mass is 19.1. The lowest BCUT2D eigenvalue weighted by Crippen LogP contribution is -2.46. The summed E-state index contributed by atoms with van der Waals surface area (Å²) in [6.07, 6.45) is 4.62. The number of nitrogens with zero attached hydrogens (tertiary/aromatic N) is 3. The zero-order valence-electron chi connectivity index (χ0n) is 18.6. The van der Waals surface area contributed by atoms with Crippen molar-refractivity contribution in [2.45, 2.75) is 24.7 Å². The fourth-order valence-electron chi connectivity index (χ4n) is 4.78. The molecule has 7 heteroatoms. The lowest BCUT2D eigenvalue weighted by molar-refractivity contribution is 0.114. The van der Waals surface area contributed by atoms with E-state index < -0.39 is 6.09 Å². The van der Waals surface area contributed by atoms with Gasteiger partial charge in [-0.2, -0.15) is 0 Å². The summed E-state index contributed by atoms with van der Waals surface area (Å²) < 4.78 is 13.6. The van der Waals surface area contributed by atoms with E-state index in [1.165, 1.54) is 22.6 Å². The molecule has 3 heterocycles. The fourth-order valence-corrected chi connectivity index (χ4v) is 4.78. The van der Waals surface area contributed by atoms with Crippen LogP contribution in [0.5, 0.6) is 0 Å². The number of aromatic amines is 1. The minimum atomic E-state index is -0.891. The largest absolute Gasteiger partial charge is 0.465 e. The van der Waals surface area contributed by atoms with Crippen molar-refractivity contribution in [3.63, 3.8) is 0 Å². The number of rotatable bonds is 5. The van der Waals surface area contributed by atoms with Crippen LogP contribution in [0.15, 0.2) is 79.1 Å². The van der Waals surface area contributed by atoms with Crippen molar-refractivity contribution in [3.8, 4) is 22.5 Å². The van der Waals surface area contributed by atoms with E-state index in [2.05, 4.69) is 22.1 Å². The number of hydrogen-bond donors (Lipinski definition) is 2. The third-order valence-electron chi connectivity index (χ3n) is 6.67. The summed E-state index contributed by atoms with van der Waals surface area (Å²) in [7, 11) is 0. The van der Waals surface area contributed by atoms with Crippen LogP contribution in [0, 0.1) is 5.82 Å². The summed E-state index contributed by atoms with van der Waals surface area (Å²) in [4.78, 5) is 25.9. The molecule has 5 rings (SSSR count). The van der Waals surface area contributed by atoms with Crippen molar-refractivity contribution in [1.29, 1.82) is 0 Å². The third-order valence-corrected chi connectivity index (χ3v) is 6.67. The quantitative estimate of drug-likeness (QED) is 0.414. The number of H-pyrrole nitrogens is 1. The Bertz CT molecular complexity index is 1270. The van der Waals surface area contributed by atoms with Gasteiger partial charge in [-0.05, 0) is 61.2 Å². The zero-order chi connectivity index (χ0) is 23.5. The smallest absolute Gasteiger partial charge is 0.407 e. The van der Waals surface area contributed by atoms with Crippen LogP contribution < -0.4 is 0 Å². The maximum absolute atomic E-state index is 13.6. The number of hydrogen-bond acceptors (Lipinski definition) is 3. The minimum Gasteiger partial charge on any atom is -0.465 e. The number of pyridine rings is 1. The molecule has 0 unspecified atom stereocenters. The lowest BCUT2D eigenvalue weighted by Gasteiger charge is -2.40. The first-order valence-corrected chi connectivity index (χ1v) is 11.3. The summed E-state index contributed by atoms with van der Waals surface area (Å²) in [6, 6.07) is 20.4. The Labute approximate surface area is 197 Å². The number of piperidine rings is 1. The van der Waals surface area contributed by atoms with E-state index in [0.717, 1.165) is 34.8 Å². The molecule has 1 saturated heterocycles. The highest BCUT2D eigenvalue weighted by molar-refractivity contribution is 5.78. The molecule has 4 aromatic rings. The van der Waals surface area contributed by atoms with Gasteiger partial charge in [-0.25, -0.2) is 14.2 Å². The molecule has 0 spiro atoms. The van der Waals surface area contributed by atoms with Gasteiger partial charge in [0.2, 0.25) is 0 Å². The zero-order valence-corrected chi connectivity index (χ0v) is 18.6. The molecule has 0 radical (unpaired) electrons. The predicted octanol–water partition coefficient (Wildman–Crippen LogP) is 5.53. The summed E-state index contributed by atoms with van der Waals surface area (Å²) in [5.41, 5.74) is 4.16. The standard InChI is InChI=1S/C27H25FN4O2/c28-22-8-6-20(7-9-22)23-24(21-10-14-29-15-11-21)31-25(30-23)27(18-19-4-2-1-3-5-19)12-16-32(17-13-27)26(33)34/h1-11,14-15H,12-13,16-18H2,(H,30,31)(H,33,34). The second kappa shape index (κ2) is 9.09. The molecule has 6 nitrogen and oxygen atoms in total. The normalized spacial score (nSPS) is 15.3. The molecule has 172 valence electrons. The second-order valence-corrected chi connectivity index (χ2v) is 8.76. The monoisotopic (exact) mass is 456 g/mol. The van der Waals surface area contributed by atoms with Crippen molar-refractivity contribution in [2.75, 3.05) is 13.1 Å². The van der Waals surface area contributed by atoms with Crippen LogP contribution in [-0.4, -0.2) is 44.1 Å². The first kappa shape index (κ1) is 21.8. The predicted molar refractivity (Wildman–Crippen MR) is 128 cm³/mol. The highest BCUT2D eigenvalue weighted by Crippen LogP contribution is 2.41. The fraction of sp³-hybridized carbons (Fsp3) is 0.222. The van der Waals surface area contributed by atoms with E-state index in [1.807, 2.05) is 30.3 Å².